The zero-order valence-corrected chi connectivity index (χ0v) is 14.0. The second-order valence-electron chi connectivity index (χ2n) is 5.08. The SMILES string of the molecule is CCOc1cccc(CNS(=O)(=O)Cc2ccc([N+](=O)[O-])cc2)c1. The third kappa shape index (κ3) is 5.32. The Labute approximate surface area is 140 Å². The van der Waals surface area contributed by atoms with Gasteiger partial charge in [-0.15, -0.1) is 0 Å². The first-order valence-corrected chi connectivity index (χ1v) is 8.97. The van der Waals surface area contributed by atoms with Crippen molar-refractivity contribution in [3.63, 3.8) is 0 Å². The van der Waals surface area contributed by atoms with Crippen molar-refractivity contribution in [1.29, 1.82) is 0 Å². The van der Waals surface area contributed by atoms with E-state index in [9.17, 15) is 18.5 Å². The number of non-ortho nitro benzene ring substituents is 1. The molecule has 0 aromatic heterocycles. The number of hydrogen-bond acceptors (Lipinski definition) is 5. The summed E-state index contributed by atoms with van der Waals surface area (Å²) in [5.41, 5.74) is 1.20. The van der Waals surface area contributed by atoms with E-state index in [1.54, 1.807) is 24.3 Å². The van der Waals surface area contributed by atoms with E-state index < -0.39 is 14.9 Å². The maximum absolute atomic E-state index is 12.1. The van der Waals surface area contributed by atoms with Gasteiger partial charge in [-0.2, -0.15) is 0 Å². The summed E-state index contributed by atoms with van der Waals surface area (Å²) in [7, 11) is -3.55. The molecule has 0 aliphatic carbocycles. The number of hydrogen-bond donors (Lipinski definition) is 1. The first kappa shape index (κ1) is 17.9. The molecule has 0 saturated heterocycles. The van der Waals surface area contributed by atoms with E-state index in [2.05, 4.69) is 4.72 Å². The number of rotatable bonds is 8. The number of nitrogens with zero attached hydrogens (tertiary/aromatic N) is 1. The van der Waals surface area contributed by atoms with Crippen LogP contribution in [0.4, 0.5) is 5.69 Å². The average Bonchev–Trinajstić information content (AvgIpc) is 2.54. The van der Waals surface area contributed by atoms with Gasteiger partial charge < -0.3 is 4.74 Å². The molecule has 0 heterocycles. The van der Waals surface area contributed by atoms with E-state index >= 15 is 0 Å². The molecule has 0 unspecified atom stereocenters. The lowest BCUT2D eigenvalue weighted by Crippen LogP contribution is -2.24. The summed E-state index contributed by atoms with van der Waals surface area (Å²) in [6, 6.07) is 12.6. The molecule has 0 amide bonds. The van der Waals surface area contributed by atoms with Crippen molar-refractivity contribution in [2.75, 3.05) is 6.61 Å². The largest absolute Gasteiger partial charge is 0.494 e. The Morgan fingerprint density at radius 2 is 1.83 bits per heavy atom. The lowest BCUT2D eigenvalue weighted by atomic mass is 10.2. The van der Waals surface area contributed by atoms with Gasteiger partial charge in [0.15, 0.2) is 0 Å². The Bertz CT molecular complexity index is 803. The summed E-state index contributed by atoms with van der Waals surface area (Å²) in [4.78, 5) is 10.1. The molecule has 2 aromatic carbocycles. The summed E-state index contributed by atoms with van der Waals surface area (Å²) in [5, 5.41) is 10.6. The third-order valence-electron chi connectivity index (χ3n) is 3.21. The molecule has 0 aliphatic rings. The number of nitro groups is 1. The molecule has 2 aromatic rings. The van der Waals surface area contributed by atoms with Crippen molar-refractivity contribution in [3.05, 3.63) is 69.8 Å². The van der Waals surface area contributed by atoms with Crippen molar-refractivity contribution in [2.45, 2.75) is 19.2 Å². The van der Waals surface area contributed by atoms with Gasteiger partial charge >= 0.3 is 0 Å². The van der Waals surface area contributed by atoms with Gasteiger partial charge in [0.05, 0.1) is 17.3 Å². The second-order valence-corrected chi connectivity index (χ2v) is 6.89. The minimum Gasteiger partial charge on any atom is -0.494 e. The van der Waals surface area contributed by atoms with Crippen molar-refractivity contribution >= 4 is 15.7 Å². The highest BCUT2D eigenvalue weighted by Gasteiger charge is 2.13. The van der Waals surface area contributed by atoms with E-state index in [0.717, 1.165) is 5.56 Å². The molecule has 128 valence electrons. The van der Waals surface area contributed by atoms with Crippen LogP contribution in [-0.4, -0.2) is 19.9 Å². The Morgan fingerprint density at radius 1 is 1.12 bits per heavy atom. The molecule has 0 atom stereocenters. The molecule has 0 fully saturated rings. The van der Waals surface area contributed by atoms with E-state index in [0.29, 0.717) is 17.9 Å². The van der Waals surface area contributed by atoms with Gasteiger partial charge in [0, 0.05) is 18.7 Å². The lowest BCUT2D eigenvalue weighted by molar-refractivity contribution is -0.384. The summed E-state index contributed by atoms with van der Waals surface area (Å²) < 4.78 is 32.1. The Balaban J connectivity index is 1.98. The third-order valence-corrected chi connectivity index (χ3v) is 4.51. The molecule has 7 nitrogen and oxygen atoms in total. The zero-order valence-electron chi connectivity index (χ0n) is 13.1. The quantitative estimate of drug-likeness (QED) is 0.583. The van der Waals surface area contributed by atoms with Crippen LogP contribution in [-0.2, 0) is 22.3 Å². The van der Waals surface area contributed by atoms with Gasteiger partial charge in [-0.05, 0) is 30.2 Å². The molecule has 0 aliphatic heterocycles. The van der Waals surface area contributed by atoms with E-state index in [4.69, 9.17) is 4.74 Å². The summed E-state index contributed by atoms with van der Waals surface area (Å²) >= 11 is 0. The number of sulfonamides is 1. The van der Waals surface area contributed by atoms with Crippen molar-refractivity contribution in [2.24, 2.45) is 0 Å². The molecule has 0 bridgehead atoms. The van der Waals surface area contributed by atoms with Crippen molar-refractivity contribution in [1.82, 2.24) is 4.72 Å². The number of nitrogens with one attached hydrogen (secondary N) is 1. The minimum absolute atomic E-state index is 0.0724. The molecule has 1 N–H and O–H groups in total. The van der Waals surface area contributed by atoms with Crippen LogP contribution in [0, 0.1) is 10.1 Å². The van der Waals surface area contributed by atoms with Gasteiger partial charge in [0.2, 0.25) is 10.0 Å². The van der Waals surface area contributed by atoms with Gasteiger partial charge in [-0.1, -0.05) is 24.3 Å². The van der Waals surface area contributed by atoms with Crippen LogP contribution in [0.5, 0.6) is 5.75 Å². The highest BCUT2D eigenvalue weighted by atomic mass is 32.2. The van der Waals surface area contributed by atoms with Crippen LogP contribution in [0.2, 0.25) is 0 Å². The van der Waals surface area contributed by atoms with Gasteiger partial charge in [0.25, 0.3) is 5.69 Å². The summed E-state index contributed by atoms with van der Waals surface area (Å²) in [5.74, 6) is 0.445. The topological polar surface area (TPSA) is 98.5 Å². The molecular formula is C16H18N2O5S. The van der Waals surface area contributed by atoms with E-state index in [1.165, 1.54) is 24.3 Å². The van der Waals surface area contributed by atoms with Gasteiger partial charge in [-0.25, -0.2) is 13.1 Å². The fourth-order valence-corrected chi connectivity index (χ4v) is 3.21. The molecule has 24 heavy (non-hydrogen) atoms. The van der Waals surface area contributed by atoms with Crippen LogP contribution in [0.15, 0.2) is 48.5 Å². The highest BCUT2D eigenvalue weighted by molar-refractivity contribution is 7.88. The van der Waals surface area contributed by atoms with E-state index in [1.807, 2.05) is 6.92 Å². The predicted molar refractivity (Wildman–Crippen MR) is 90.2 cm³/mol. The smallest absolute Gasteiger partial charge is 0.269 e. The maximum Gasteiger partial charge on any atom is 0.269 e. The Morgan fingerprint density at radius 3 is 2.46 bits per heavy atom. The lowest BCUT2D eigenvalue weighted by Gasteiger charge is -2.09. The highest BCUT2D eigenvalue weighted by Crippen LogP contribution is 2.15. The molecule has 8 heteroatoms. The number of ether oxygens (including phenoxy) is 1. The van der Waals surface area contributed by atoms with Crippen molar-refractivity contribution in [3.8, 4) is 5.75 Å². The maximum atomic E-state index is 12.1. The molecule has 0 spiro atoms. The molecule has 0 saturated carbocycles. The van der Waals surface area contributed by atoms with E-state index in [-0.39, 0.29) is 18.0 Å². The molecular weight excluding hydrogens is 332 g/mol. The Kier molecular flexibility index (Phi) is 5.88. The van der Waals surface area contributed by atoms with Crippen LogP contribution in [0.1, 0.15) is 18.1 Å². The number of benzene rings is 2. The minimum atomic E-state index is -3.55. The number of nitro benzene ring substituents is 1. The monoisotopic (exact) mass is 350 g/mol. The fraction of sp³-hybridized carbons (Fsp3) is 0.250. The molecule has 0 radical (unpaired) electrons. The first-order valence-electron chi connectivity index (χ1n) is 7.32. The van der Waals surface area contributed by atoms with Crippen LogP contribution in [0.25, 0.3) is 0 Å². The van der Waals surface area contributed by atoms with Crippen LogP contribution in [0.3, 0.4) is 0 Å². The Hall–Kier alpha value is -2.45. The fourth-order valence-electron chi connectivity index (χ4n) is 2.09. The normalized spacial score (nSPS) is 11.2. The predicted octanol–water partition coefficient (Wildman–Crippen LogP) is 2.61. The van der Waals surface area contributed by atoms with Crippen LogP contribution >= 0.6 is 0 Å². The molecule has 2 rings (SSSR count). The standard InChI is InChI=1S/C16H18N2O5S/c1-2-23-16-5-3-4-14(10-16)11-17-24(21,22)12-13-6-8-15(9-7-13)18(19)20/h3-10,17H,2,11-12H2,1H3. The second kappa shape index (κ2) is 7.89. The summed E-state index contributed by atoms with van der Waals surface area (Å²) in [6.45, 7) is 2.56. The first-order chi connectivity index (χ1) is 11.4. The van der Waals surface area contributed by atoms with Crippen molar-refractivity contribution < 1.29 is 18.1 Å². The van der Waals surface area contributed by atoms with Gasteiger partial charge in [0.1, 0.15) is 5.75 Å². The average molecular weight is 350 g/mol. The van der Waals surface area contributed by atoms with Gasteiger partial charge in [-0.3, -0.25) is 10.1 Å². The zero-order chi connectivity index (χ0) is 17.6. The summed E-state index contributed by atoms with van der Waals surface area (Å²) in [6.07, 6.45) is 0. The van der Waals surface area contributed by atoms with Crippen LogP contribution < -0.4 is 9.46 Å².